The van der Waals surface area contributed by atoms with Crippen molar-refractivity contribution >= 4 is 17.5 Å². The van der Waals surface area contributed by atoms with Gasteiger partial charge in [0.05, 0.1) is 5.75 Å². The van der Waals surface area contributed by atoms with Gasteiger partial charge in [0.2, 0.25) is 6.79 Å². The maximum atomic E-state index is 12.6. The molecule has 0 amide bonds. The second-order valence-corrected chi connectivity index (χ2v) is 7.89. The van der Waals surface area contributed by atoms with Gasteiger partial charge in [0.15, 0.2) is 28.3 Å². The summed E-state index contributed by atoms with van der Waals surface area (Å²) in [6, 6.07) is 24.4. The molecule has 1 aliphatic rings. The number of rotatable bonds is 8. The SMILES string of the molecule is O=C(CSc1nnc(COc2ccc3c(c2)OCO3)n1-c1ccccc1)c1ccccc1. The van der Waals surface area contributed by atoms with Gasteiger partial charge in [-0.3, -0.25) is 9.36 Å². The third kappa shape index (κ3) is 4.31. The first-order valence-corrected chi connectivity index (χ1v) is 11.0. The molecule has 0 atom stereocenters. The summed E-state index contributed by atoms with van der Waals surface area (Å²) < 4.78 is 18.6. The highest BCUT2D eigenvalue weighted by Crippen LogP contribution is 2.35. The number of carbonyl (C=O) groups is 1. The second-order valence-electron chi connectivity index (χ2n) is 6.95. The Bertz CT molecular complexity index is 1230. The minimum absolute atomic E-state index is 0.0383. The molecule has 0 N–H and O–H groups in total. The van der Waals surface area contributed by atoms with E-state index in [1.807, 2.05) is 77.4 Å². The molecule has 2 heterocycles. The van der Waals surface area contributed by atoms with Crippen LogP contribution < -0.4 is 14.2 Å². The first kappa shape index (κ1) is 20.1. The molecule has 0 bridgehead atoms. The molecule has 1 aromatic heterocycles. The molecule has 32 heavy (non-hydrogen) atoms. The highest BCUT2D eigenvalue weighted by Gasteiger charge is 2.18. The fourth-order valence-corrected chi connectivity index (χ4v) is 4.14. The molecule has 0 saturated heterocycles. The Kier molecular flexibility index (Phi) is 5.76. The average molecular weight is 446 g/mol. The zero-order valence-electron chi connectivity index (χ0n) is 17.0. The summed E-state index contributed by atoms with van der Waals surface area (Å²) in [5, 5.41) is 9.29. The van der Waals surface area contributed by atoms with Crippen LogP contribution in [0.1, 0.15) is 16.2 Å². The van der Waals surface area contributed by atoms with Crippen LogP contribution >= 0.6 is 11.8 Å². The van der Waals surface area contributed by atoms with Crippen molar-refractivity contribution in [1.82, 2.24) is 14.8 Å². The van der Waals surface area contributed by atoms with Crippen LogP contribution in [0.3, 0.4) is 0 Å². The standard InChI is InChI=1S/C24H19N3O4S/c28-20(17-7-3-1-4-8-17)15-32-24-26-25-23(27(24)18-9-5-2-6-10-18)14-29-19-11-12-21-22(13-19)31-16-30-21/h1-13H,14-16H2. The van der Waals surface area contributed by atoms with Gasteiger partial charge in [-0.1, -0.05) is 60.3 Å². The number of ether oxygens (including phenoxy) is 3. The van der Waals surface area contributed by atoms with E-state index in [1.165, 1.54) is 11.8 Å². The minimum atomic E-state index is 0.0383. The van der Waals surface area contributed by atoms with Crippen LogP contribution in [0.4, 0.5) is 0 Å². The normalized spacial score (nSPS) is 12.0. The van der Waals surface area contributed by atoms with E-state index in [9.17, 15) is 4.79 Å². The molecule has 4 aromatic rings. The van der Waals surface area contributed by atoms with Crippen molar-refractivity contribution in [3.05, 3.63) is 90.3 Å². The Morgan fingerprint density at radius 3 is 2.50 bits per heavy atom. The number of ketones is 1. The van der Waals surface area contributed by atoms with E-state index in [-0.39, 0.29) is 24.9 Å². The van der Waals surface area contributed by atoms with E-state index < -0.39 is 0 Å². The second kappa shape index (κ2) is 9.15. The number of fused-ring (bicyclic) bond motifs is 1. The smallest absolute Gasteiger partial charge is 0.231 e. The minimum Gasteiger partial charge on any atom is -0.485 e. The molecule has 160 valence electrons. The number of carbonyl (C=O) groups excluding carboxylic acids is 1. The molecule has 0 saturated carbocycles. The van der Waals surface area contributed by atoms with E-state index in [2.05, 4.69) is 10.2 Å². The van der Waals surface area contributed by atoms with Crippen LogP contribution in [0.5, 0.6) is 17.2 Å². The Morgan fingerprint density at radius 2 is 1.69 bits per heavy atom. The van der Waals surface area contributed by atoms with Crippen molar-refractivity contribution in [1.29, 1.82) is 0 Å². The van der Waals surface area contributed by atoms with E-state index in [0.29, 0.717) is 33.8 Å². The summed E-state index contributed by atoms with van der Waals surface area (Å²) in [5.41, 5.74) is 1.58. The van der Waals surface area contributed by atoms with Crippen LogP contribution in [-0.2, 0) is 6.61 Å². The summed E-state index contributed by atoms with van der Waals surface area (Å²) in [6.45, 7) is 0.415. The predicted octanol–water partition coefficient (Wildman–Crippen LogP) is 4.55. The third-order valence-corrected chi connectivity index (χ3v) is 5.78. The number of benzene rings is 3. The maximum Gasteiger partial charge on any atom is 0.231 e. The van der Waals surface area contributed by atoms with Gasteiger partial charge in [0, 0.05) is 17.3 Å². The summed E-state index contributed by atoms with van der Waals surface area (Å²) in [4.78, 5) is 12.6. The van der Waals surface area contributed by atoms with Crippen LogP contribution in [0.25, 0.3) is 5.69 Å². The van der Waals surface area contributed by atoms with Gasteiger partial charge in [-0.2, -0.15) is 0 Å². The maximum absolute atomic E-state index is 12.6. The lowest BCUT2D eigenvalue weighted by Crippen LogP contribution is -2.08. The van der Waals surface area contributed by atoms with Gasteiger partial charge in [0.1, 0.15) is 12.4 Å². The largest absolute Gasteiger partial charge is 0.485 e. The number of para-hydroxylation sites is 1. The fourth-order valence-electron chi connectivity index (χ4n) is 3.28. The molecule has 0 spiro atoms. The van der Waals surface area contributed by atoms with Crippen molar-refractivity contribution < 1.29 is 19.0 Å². The van der Waals surface area contributed by atoms with E-state index >= 15 is 0 Å². The summed E-state index contributed by atoms with van der Waals surface area (Å²) >= 11 is 1.35. The third-order valence-electron chi connectivity index (χ3n) is 4.85. The highest BCUT2D eigenvalue weighted by atomic mass is 32.2. The number of hydrogen-bond acceptors (Lipinski definition) is 7. The lowest BCUT2D eigenvalue weighted by molar-refractivity contribution is 0.102. The molecule has 7 nitrogen and oxygen atoms in total. The number of aromatic nitrogens is 3. The number of thioether (sulfide) groups is 1. The van der Waals surface area contributed by atoms with Gasteiger partial charge >= 0.3 is 0 Å². The van der Waals surface area contributed by atoms with Crippen molar-refractivity contribution in [2.24, 2.45) is 0 Å². The lowest BCUT2D eigenvalue weighted by atomic mass is 10.2. The molecule has 5 rings (SSSR count). The highest BCUT2D eigenvalue weighted by molar-refractivity contribution is 7.99. The number of Topliss-reactive ketones (excluding diaryl/α,β-unsaturated/α-hetero) is 1. The molecular weight excluding hydrogens is 426 g/mol. The van der Waals surface area contributed by atoms with Crippen molar-refractivity contribution in [2.45, 2.75) is 11.8 Å². The quantitative estimate of drug-likeness (QED) is 0.291. The predicted molar refractivity (Wildman–Crippen MR) is 120 cm³/mol. The molecule has 8 heteroatoms. The van der Waals surface area contributed by atoms with Crippen molar-refractivity contribution in [2.75, 3.05) is 12.5 Å². The molecule has 1 aliphatic heterocycles. The first-order chi connectivity index (χ1) is 15.8. The summed E-state index contributed by atoms with van der Waals surface area (Å²) in [6.07, 6.45) is 0. The van der Waals surface area contributed by atoms with E-state index in [1.54, 1.807) is 6.07 Å². The molecule has 0 radical (unpaired) electrons. The van der Waals surface area contributed by atoms with Crippen LogP contribution in [0, 0.1) is 0 Å². The van der Waals surface area contributed by atoms with Gasteiger partial charge in [-0.15, -0.1) is 10.2 Å². The molecule has 0 aliphatic carbocycles. The van der Waals surface area contributed by atoms with Crippen molar-refractivity contribution in [3.8, 4) is 22.9 Å². The van der Waals surface area contributed by atoms with Gasteiger partial charge < -0.3 is 14.2 Å². The molecule has 0 unspecified atom stereocenters. The van der Waals surface area contributed by atoms with Gasteiger partial charge in [-0.05, 0) is 24.3 Å². The Morgan fingerprint density at radius 1 is 0.938 bits per heavy atom. The van der Waals surface area contributed by atoms with E-state index in [0.717, 1.165) is 5.69 Å². The molecule has 0 fully saturated rings. The summed E-state index contributed by atoms with van der Waals surface area (Å²) in [7, 11) is 0. The van der Waals surface area contributed by atoms with Crippen LogP contribution in [0.15, 0.2) is 84.0 Å². The van der Waals surface area contributed by atoms with Crippen LogP contribution in [-0.4, -0.2) is 33.1 Å². The van der Waals surface area contributed by atoms with Gasteiger partial charge in [0.25, 0.3) is 0 Å². The molecule has 3 aromatic carbocycles. The molecular formula is C24H19N3O4S. The lowest BCUT2D eigenvalue weighted by Gasteiger charge is -2.11. The summed E-state index contributed by atoms with van der Waals surface area (Å²) in [5.74, 6) is 2.93. The zero-order chi connectivity index (χ0) is 21.8. The zero-order valence-corrected chi connectivity index (χ0v) is 17.8. The number of nitrogens with zero attached hydrogens (tertiary/aromatic N) is 3. The Labute approximate surface area is 189 Å². The fraction of sp³-hybridized carbons (Fsp3) is 0.125. The Hall–Kier alpha value is -3.78. The number of hydrogen-bond donors (Lipinski definition) is 0. The van der Waals surface area contributed by atoms with E-state index in [4.69, 9.17) is 14.2 Å². The average Bonchev–Trinajstić information content (AvgIpc) is 3.48. The topological polar surface area (TPSA) is 75.5 Å². The van der Waals surface area contributed by atoms with Crippen molar-refractivity contribution in [3.63, 3.8) is 0 Å². The Balaban J connectivity index is 1.35. The van der Waals surface area contributed by atoms with Gasteiger partial charge in [-0.25, -0.2) is 0 Å². The first-order valence-electron chi connectivity index (χ1n) is 10.0. The van der Waals surface area contributed by atoms with Crippen LogP contribution in [0.2, 0.25) is 0 Å². The monoisotopic (exact) mass is 445 g/mol.